The molecule has 0 aliphatic heterocycles. The maximum atomic E-state index is 13.5. The van der Waals surface area contributed by atoms with Gasteiger partial charge in [0.2, 0.25) is 5.91 Å². The highest BCUT2D eigenvalue weighted by atomic mass is 32.2. The minimum atomic E-state index is -4.65. The van der Waals surface area contributed by atoms with Gasteiger partial charge in [-0.05, 0) is 49.1 Å². The number of nitrogens with one attached hydrogen (secondary N) is 1. The van der Waals surface area contributed by atoms with Crippen LogP contribution in [0.1, 0.15) is 54.5 Å². The van der Waals surface area contributed by atoms with Crippen molar-refractivity contribution in [1.82, 2.24) is 9.97 Å². The summed E-state index contributed by atoms with van der Waals surface area (Å²) in [4.78, 5) is 21.8. The molecule has 194 valence electrons. The minimum Gasteiger partial charge on any atom is -0.316 e. The summed E-state index contributed by atoms with van der Waals surface area (Å²) in [6.45, 7) is 8.51. The second kappa shape index (κ2) is 10.5. The van der Waals surface area contributed by atoms with Crippen molar-refractivity contribution in [2.75, 3.05) is 11.1 Å². The molecule has 0 radical (unpaired) electrons. The number of carbonyl (C=O) groups is 1. The van der Waals surface area contributed by atoms with Gasteiger partial charge >= 0.3 is 6.18 Å². The third kappa shape index (κ3) is 6.33. The second-order valence-electron chi connectivity index (χ2n) is 10.2. The van der Waals surface area contributed by atoms with Gasteiger partial charge in [-0.1, -0.05) is 62.4 Å². The monoisotopic (exact) mass is 544 g/mol. The molecular formula is C27H27F3N4OS2. The van der Waals surface area contributed by atoms with Gasteiger partial charge in [0.25, 0.3) is 0 Å². The molecule has 1 atom stereocenters. The first-order chi connectivity index (χ1) is 17.3. The predicted octanol–water partition coefficient (Wildman–Crippen LogP) is 7.29. The van der Waals surface area contributed by atoms with E-state index in [0.29, 0.717) is 22.0 Å². The summed E-state index contributed by atoms with van der Waals surface area (Å²) in [6, 6.07) is 10.1. The number of thiophene rings is 1. The van der Waals surface area contributed by atoms with Crippen molar-refractivity contribution in [3.8, 4) is 17.3 Å². The Hall–Kier alpha value is -2.90. The normalized spacial score (nSPS) is 15.7. The van der Waals surface area contributed by atoms with Gasteiger partial charge < -0.3 is 5.32 Å². The summed E-state index contributed by atoms with van der Waals surface area (Å²) in [6.07, 6.45) is -2.01. The Morgan fingerprint density at radius 1 is 1.22 bits per heavy atom. The Balaban J connectivity index is 1.51. The molecule has 0 saturated heterocycles. The number of hydrogen-bond acceptors (Lipinski definition) is 6. The topological polar surface area (TPSA) is 78.7 Å². The molecule has 10 heteroatoms. The van der Waals surface area contributed by atoms with Gasteiger partial charge in [-0.3, -0.25) is 4.79 Å². The molecule has 1 aliphatic carbocycles. The highest BCUT2D eigenvalue weighted by molar-refractivity contribution is 7.99. The average Bonchev–Trinajstić information content (AvgIpc) is 3.18. The van der Waals surface area contributed by atoms with Crippen molar-refractivity contribution in [2.24, 2.45) is 11.3 Å². The van der Waals surface area contributed by atoms with Crippen molar-refractivity contribution in [3.63, 3.8) is 0 Å². The molecule has 0 spiro atoms. The molecule has 5 nitrogen and oxygen atoms in total. The number of halogens is 3. The first kappa shape index (κ1) is 27.1. The van der Waals surface area contributed by atoms with Crippen molar-refractivity contribution >= 4 is 34.0 Å². The second-order valence-corrected chi connectivity index (χ2v) is 12.3. The van der Waals surface area contributed by atoms with Gasteiger partial charge in [-0.15, -0.1) is 11.3 Å². The van der Waals surface area contributed by atoms with Gasteiger partial charge in [0.15, 0.2) is 5.16 Å². The number of nitrogens with zero attached hydrogens (tertiary/aromatic N) is 3. The van der Waals surface area contributed by atoms with Gasteiger partial charge in [0, 0.05) is 10.4 Å². The number of thioether (sulfide) groups is 1. The molecule has 0 unspecified atom stereocenters. The molecule has 0 bridgehead atoms. The number of aryl methyl sites for hydroxylation is 1. The quantitative estimate of drug-likeness (QED) is 0.270. The number of rotatable bonds is 5. The van der Waals surface area contributed by atoms with Gasteiger partial charge in [0.05, 0.1) is 17.0 Å². The summed E-state index contributed by atoms with van der Waals surface area (Å²) in [5.74, 6) is -0.123. The van der Waals surface area contributed by atoms with Crippen LogP contribution in [0, 0.1) is 29.6 Å². The maximum absolute atomic E-state index is 13.5. The number of carbonyl (C=O) groups excluding carboxylic acids is 1. The molecule has 1 N–H and O–H groups in total. The third-order valence-corrected chi connectivity index (χ3v) is 8.55. The van der Waals surface area contributed by atoms with E-state index in [1.165, 1.54) is 11.3 Å². The van der Waals surface area contributed by atoms with Crippen LogP contribution in [0.2, 0.25) is 0 Å². The van der Waals surface area contributed by atoms with Crippen LogP contribution in [-0.2, 0) is 23.8 Å². The summed E-state index contributed by atoms with van der Waals surface area (Å²) >= 11 is 2.25. The summed E-state index contributed by atoms with van der Waals surface area (Å²) < 4.78 is 40.5. The number of fused-ring (bicyclic) bond motifs is 1. The van der Waals surface area contributed by atoms with E-state index in [1.54, 1.807) is 24.3 Å². The fraction of sp³-hybridized carbons (Fsp3) is 0.407. The molecule has 37 heavy (non-hydrogen) atoms. The van der Waals surface area contributed by atoms with Crippen LogP contribution < -0.4 is 5.32 Å². The highest BCUT2D eigenvalue weighted by Gasteiger charge is 2.34. The van der Waals surface area contributed by atoms with Crippen LogP contribution in [-0.4, -0.2) is 21.6 Å². The Morgan fingerprint density at radius 2 is 1.92 bits per heavy atom. The standard InChI is InChI=1S/C27H27F3N4OS2/c1-15-5-7-16(8-6-15)20-12-22(27(28,29)30)33-25(32-20)36-14-23(35)34-24-19(13-31)18-10-9-17(26(2,3)4)11-21(18)37-24/h5-8,12,17H,9-11,14H2,1-4H3,(H,34,35)/t17-/m1/s1. The molecule has 1 amide bonds. The molecule has 2 aromatic heterocycles. The van der Waals surface area contributed by atoms with E-state index >= 15 is 0 Å². The smallest absolute Gasteiger partial charge is 0.316 e. The zero-order chi connectivity index (χ0) is 27.0. The first-order valence-electron chi connectivity index (χ1n) is 11.9. The van der Waals surface area contributed by atoms with Crippen molar-refractivity contribution in [3.05, 3.63) is 57.6 Å². The Labute approximate surface area is 222 Å². The molecule has 0 fully saturated rings. The van der Waals surface area contributed by atoms with Crippen molar-refractivity contribution in [1.29, 1.82) is 5.26 Å². The van der Waals surface area contributed by atoms with Crippen LogP contribution in [0.3, 0.4) is 0 Å². The first-order valence-corrected chi connectivity index (χ1v) is 13.7. The van der Waals surface area contributed by atoms with Crippen LogP contribution >= 0.6 is 23.1 Å². The molecule has 4 rings (SSSR count). The van der Waals surface area contributed by atoms with Crippen LogP contribution in [0.15, 0.2) is 35.5 Å². The molecular weight excluding hydrogens is 517 g/mol. The zero-order valence-corrected chi connectivity index (χ0v) is 22.6. The van der Waals surface area contributed by atoms with Crippen LogP contribution in [0.25, 0.3) is 11.3 Å². The van der Waals surface area contributed by atoms with Gasteiger partial charge in [-0.25, -0.2) is 9.97 Å². The molecule has 3 aromatic rings. The highest BCUT2D eigenvalue weighted by Crippen LogP contribution is 2.44. The summed E-state index contributed by atoms with van der Waals surface area (Å²) in [5, 5.41) is 12.9. The number of amides is 1. The fourth-order valence-electron chi connectivity index (χ4n) is 4.33. The van der Waals surface area contributed by atoms with E-state index in [9.17, 15) is 23.2 Å². The minimum absolute atomic E-state index is 0.135. The zero-order valence-electron chi connectivity index (χ0n) is 21.0. The maximum Gasteiger partial charge on any atom is 0.433 e. The molecule has 2 heterocycles. The van der Waals surface area contributed by atoms with Gasteiger partial charge in [0.1, 0.15) is 16.8 Å². The lowest BCUT2D eigenvalue weighted by atomic mass is 9.72. The number of alkyl halides is 3. The van der Waals surface area contributed by atoms with E-state index in [0.717, 1.165) is 53.1 Å². The predicted molar refractivity (Wildman–Crippen MR) is 141 cm³/mol. The largest absolute Gasteiger partial charge is 0.433 e. The summed E-state index contributed by atoms with van der Waals surface area (Å²) in [7, 11) is 0. The average molecular weight is 545 g/mol. The van der Waals surface area contributed by atoms with E-state index in [1.807, 2.05) is 6.92 Å². The van der Waals surface area contributed by atoms with Gasteiger partial charge in [-0.2, -0.15) is 18.4 Å². The lowest BCUT2D eigenvalue weighted by molar-refractivity contribution is -0.141. The number of benzene rings is 1. The Kier molecular flexibility index (Phi) is 7.67. The fourth-order valence-corrected chi connectivity index (χ4v) is 6.28. The van der Waals surface area contributed by atoms with E-state index in [4.69, 9.17) is 0 Å². The SMILES string of the molecule is Cc1ccc(-c2cc(C(F)(F)F)nc(SCC(=O)Nc3sc4c(c3C#N)CC[C@@H](C(C)(C)C)C4)n2)cc1. The number of anilines is 1. The molecule has 1 aromatic carbocycles. The Bertz CT molecular complexity index is 1350. The van der Waals surface area contributed by atoms with Crippen molar-refractivity contribution in [2.45, 2.75) is 58.3 Å². The molecule has 1 aliphatic rings. The molecule has 0 saturated carbocycles. The number of hydrogen-bond donors (Lipinski definition) is 1. The number of aromatic nitrogens is 2. The van der Waals surface area contributed by atoms with E-state index < -0.39 is 17.8 Å². The third-order valence-electron chi connectivity index (χ3n) is 6.53. The van der Waals surface area contributed by atoms with E-state index in [-0.39, 0.29) is 22.0 Å². The van der Waals surface area contributed by atoms with E-state index in [2.05, 4.69) is 42.1 Å². The number of nitriles is 1. The van der Waals surface area contributed by atoms with Crippen molar-refractivity contribution < 1.29 is 18.0 Å². The lowest BCUT2D eigenvalue weighted by Gasteiger charge is -2.33. The van der Waals surface area contributed by atoms with Crippen LogP contribution in [0.5, 0.6) is 0 Å². The van der Waals surface area contributed by atoms with Crippen LogP contribution in [0.4, 0.5) is 18.2 Å². The lowest BCUT2D eigenvalue weighted by Crippen LogP contribution is -2.26. The summed E-state index contributed by atoms with van der Waals surface area (Å²) in [5.41, 5.74) is 2.21. The Morgan fingerprint density at radius 3 is 2.54 bits per heavy atom.